The molecule has 160 valence electrons. The molecule has 2 aromatic carbocycles. The number of alkyl halides is 1. The lowest BCUT2D eigenvalue weighted by Crippen LogP contribution is -2.30. The number of aliphatic hydroxyl groups excluding tert-OH is 1. The maximum absolute atomic E-state index is 11.6. The summed E-state index contributed by atoms with van der Waals surface area (Å²) in [5.74, 6) is 0.393. The van der Waals surface area contributed by atoms with Crippen molar-refractivity contribution in [3.8, 4) is 5.75 Å². The smallest absolute Gasteiger partial charge is 0.211 e. The van der Waals surface area contributed by atoms with Crippen LogP contribution in [0.25, 0.3) is 11.0 Å². The van der Waals surface area contributed by atoms with Gasteiger partial charge in [0.15, 0.2) is 11.2 Å². The Hall–Kier alpha value is -1.90. The standard InChI is InChI=1S/C10H7ClO2.C10H10O3.Cl2OS/c2*11-5-7-6-13-9-4-2-1-3-8(9)10(7)12;1-4(2)3/h1-4,6H,5H2;1-4,7,11H,5-6H2;. The van der Waals surface area contributed by atoms with Crippen LogP contribution in [0.3, 0.4) is 0 Å². The van der Waals surface area contributed by atoms with Crippen LogP contribution in [0.1, 0.15) is 15.9 Å². The summed E-state index contributed by atoms with van der Waals surface area (Å²) < 4.78 is 19.6. The summed E-state index contributed by atoms with van der Waals surface area (Å²) in [5.41, 5.74) is 1.63. The van der Waals surface area contributed by atoms with Gasteiger partial charge in [-0.25, -0.2) is 4.21 Å². The van der Waals surface area contributed by atoms with Crippen molar-refractivity contribution < 1.29 is 23.3 Å². The van der Waals surface area contributed by atoms with Gasteiger partial charge >= 0.3 is 0 Å². The molecule has 1 atom stereocenters. The average molecular weight is 492 g/mol. The molecule has 1 aliphatic rings. The number of aliphatic hydroxyl groups is 1. The molecular weight excluding hydrogens is 475 g/mol. The second-order valence-corrected chi connectivity index (χ2v) is 8.75. The van der Waals surface area contributed by atoms with Gasteiger partial charge in [0.2, 0.25) is 9.23 Å². The van der Waals surface area contributed by atoms with Crippen LogP contribution in [0.5, 0.6) is 5.75 Å². The molecule has 1 aliphatic heterocycles. The van der Waals surface area contributed by atoms with Crippen molar-refractivity contribution in [3.63, 3.8) is 0 Å². The molecule has 0 saturated heterocycles. The van der Waals surface area contributed by atoms with E-state index in [1.807, 2.05) is 12.1 Å². The van der Waals surface area contributed by atoms with E-state index in [4.69, 9.17) is 30.1 Å². The Balaban J connectivity index is 0.000000182. The molecular formula is C20H17Cl3O6S. The molecule has 0 saturated carbocycles. The fourth-order valence-corrected chi connectivity index (χ4v) is 2.81. The third-order valence-corrected chi connectivity index (χ3v) is 4.37. The topological polar surface area (TPSA) is 93.8 Å². The molecule has 1 unspecified atom stereocenters. The van der Waals surface area contributed by atoms with E-state index in [0.29, 0.717) is 27.8 Å². The van der Waals surface area contributed by atoms with Crippen molar-refractivity contribution >= 4 is 58.9 Å². The summed E-state index contributed by atoms with van der Waals surface area (Å²) in [4.78, 5) is 23.2. The largest absolute Gasteiger partial charge is 0.492 e. The molecule has 0 radical (unpaired) electrons. The Bertz CT molecular complexity index is 1080. The second kappa shape index (κ2) is 12.1. The zero-order valence-electron chi connectivity index (χ0n) is 15.4. The van der Waals surface area contributed by atoms with Crippen LogP contribution in [-0.4, -0.2) is 28.3 Å². The number of hydrogen-bond donors (Lipinski definition) is 1. The molecule has 6 nitrogen and oxygen atoms in total. The number of ether oxygens (including phenoxy) is 1. The molecule has 0 fully saturated rings. The maximum Gasteiger partial charge on any atom is 0.211 e. The first-order chi connectivity index (χ1) is 14.4. The van der Waals surface area contributed by atoms with Gasteiger partial charge in [0, 0.05) is 21.4 Å². The van der Waals surface area contributed by atoms with Gasteiger partial charge in [-0.1, -0.05) is 24.3 Å². The number of ketones is 1. The molecule has 10 heteroatoms. The number of Topliss-reactive ketones (excluding diaryl/α,β-unsaturated/α-hetero) is 1. The van der Waals surface area contributed by atoms with Crippen molar-refractivity contribution in [1.29, 1.82) is 0 Å². The molecule has 2 heterocycles. The highest BCUT2D eigenvalue weighted by Crippen LogP contribution is 2.26. The highest BCUT2D eigenvalue weighted by atomic mass is 36.0. The number of carbonyl (C=O) groups excluding carboxylic acids is 1. The number of para-hydroxylation sites is 2. The average Bonchev–Trinajstić information content (AvgIpc) is 2.75. The first-order valence-corrected chi connectivity index (χ1v) is 11.9. The maximum atomic E-state index is 11.6. The first-order valence-electron chi connectivity index (χ1n) is 8.55. The molecule has 0 amide bonds. The Labute approximate surface area is 188 Å². The van der Waals surface area contributed by atoms with Crippen LogP contribution in [0, 0.1) is 5.92 Å². The molecule has 3 aromatic rings. The summed E-state index contributed by atoms with van der Waals surface area (Å²) in [6.07, 6.45) is 1.41. The third kappa shape index (κ3) is 6.55. The lowest BCUT2D eigenvalue weighted by atomic mass is 9.96. The van der Waals surface area contributed by atoms with E-state index in [1.165, 1.54) is 6.26 Å². The SMILES string of the molecule is O=C1c2ccccc2OCC1CO.O=S(Cl)Cl.O=c1c(CCl)coc2ccccc12. The van der Waals surface area contributed by atoms with Crippen molar-refractivity contribution in [3.05, 3.63) is 76.1 Å². The van der Waals surface area contributed by atoms with Gasteiger partial charge in [-0.3, -0.25) is 9.59 Å². The first kappa shape index (κ1) is 24.4. The fraction of sp³-hybridized carbons (Fsp3) is 0.200. The molecule has 0 spiro atoms. The number of carbonyl (C=O) groups is 1. The Morgan fingerprint density at radius 3 is 2.37 bits per heavy atom. The number of benzene rings is 2. The monoisotopic (exact) mass is 490 g/mol. The van der Waals surface area contributed by atoms with E-state index in [1.54, 1.807) is 36.4 Å². The van der Waals surface area contributed by atoms with Crippen molar-refractivity contribution in [1.82, 2.24) is 0 Å². The van der Waals surface area contributed by atoms with Gasteiger partial charge in [0.25, 0.3) is 0 Å². The van der Waals surface area contributed by atoms with Crippen molar-refractivity contribution in [2.24, 2.45) is 5.92 Å². The summed E-state index contributed by atoms with van der Waals surface area (Å²) in [7, 11) is 7.36. The number of rotatable bonds is 2. The lowest BCUT2D eigenvalue weighted by molar-refractivity contribution is 0.0738. The van der Waals surface area contributed by atoms with Gasteiger partial charge in [-0.2, -0.15) is 0 Å². The highest BCUT2D eigenvalue weighted by molar-refractivity contribution is 8.26. The number of hydrogen-bond acceptors (Lipinski definition) is 6. The molecule has 1 N–H and O–H groups in total. The van der Waals surface area contributed by atoms with Crippen LogP contribution >= 0.6 is 33.0 Å². The molecule has 0 aliphatic carbocycles. The van der Waals surface area contributed by atoms with Crippen LogP contribution in [-0.2, 0) is 15.1 Å². The van der Waals surface area contributed by atoms with Crippen LogP contribution in [0.4, 0.5) is 0 Å². The normalized spacial score (nSPS) is 14.7. The van der Waals surface area contributed by atoms with E-state index in [2.05, 4.69) is 21.4 Å². The predicted octanol–water partition coefficient (Wildman–Crippen LogP) is 4.44. The van der Waals surface area contributed by atoms with Crippen molar-refractivity contribution in [2.45, 2.75) is 5.88 Å². The number of halogens is 3. The molecule has 1 aromatic heterocycles. The number of fused-ring (bicyclic) bond motifs is 2. The van der Waals surface area contributed by atoms with Crippen LogP contribution in [0.2, 0.25) is 0 Å². The molecule has 0 bridgehead atoms. The summed E-state index contributed by atoms with van der Waals surface area (Å²) in [5, 5.41) is 9.47. The summed E-state index contributed by atoms with van der Waals surface area (Å²) in [6.45, 7) is 0.138. The minimum absolute atomic E-state index is 0.0237. The second-order valence-electron chi connectivity index (χ2n) is 5.96. The van der Waals surface area contributed by atoms with Gasteiger partial charge in [0.05, 0.1) is 41.2 Å². The van der Waals surface area contributed by atoms with Crippen LogP contribution in [0.15, 0.2) is 64.0 Å². The fourth-order valence-electron chi connectivity index (χ4n) is 2.63. The van der Waals surface area contributed by atoms with Gasteiger partial charge < -0.3 is 14.3 Å². The lowest BCUT2D eigenvalue weighted by Gasteiger charge is -2.22. The van der Waals surface area contributed by atoms with E-state index in [9.17, 15) is 9.59 Å². The Morgan fingerprint density at radius 1 is 1.07 bits per heavy atom. The van der Waals surface area contributed by atoms with Crippen molar-refractivity contribution in [2.75, 3.05) is 13.2 Å². The highest BCUT2D eigenvalue weighted by Gasteiger charge is 2.27. The van der Waals surface area contributed by atoms with E-state index in [-0.39, 0.29) is 30.3 Å². The van der Waals surface area contributed by atoms with Gasteiger partial charge in [0.1, 0.15) is 17.9 Å². The zero-order chi connectivity index (χ0) is 22.1. The van der Waals surface area contributed by atoms with Crippen LogP contribution < -0.4 is 10.2 Å². The zero-order valence-corrected chi connectivity index (χ0v) is 18.5. The summed E-state index contributed by atoms with van der Waals surface area (Å²) >= 11 is 5.57. The predicted molar refractivity (Wildman–Crippen MR) is 119 cm³/mol. The summed E-state index contributed by atoms with van der Waals surface area (Å²) in [6, 6.07) is 14.2. The minimum atomic E-state index is -1.67. The van der Waals surface area contributed by atoms with E-state index >= 15 is 0 Å². The third-order valence-electron chi connectivity index (χ3n) is 4.08. The quantitative estimate of drug-likeness (QED) is 0.421. The van der Waals surface area contributed by atoms with E-state index < -0.39 is 15.1 Å². The van der Waals surface area contributed by atoms with Gasteiger partial charge in [-0.05, 0) is 24.3 Å². The van der Waals surface area contributed by atoms with E-state index in [0.717, 1.165) is 0 Å². The van der Waals surface area contributed by atoms with Gasteiger partial charge in [-0.15, -0.1) is 11.6 Å². The minimum Gasteiger partial charge on any atom is -0.492 e. The Morgan fingerprint density at radius 2 is 1.70 bits per heavy atom. The molecule has 4 rings (SSSR count). The Kier molecular flexibility index (Phi) is 9.81. The molecule has 30 heavy (non-hydrogen) atoms.